The molecule has 0 spiro atoms. The first kappa shape index (κ1) is 19.0. The fraction of sp³-hybridized carbons (Fsp3) is 0.500. The van der Waals surface area contributed by atoms with Gasteiger partial charge in [0.05, 0.1) is 5.69 Å². The van der Waals surface area contributed by atoms with E-state index in [-0.39, 0.29) is 12.5 Å². The molecule has 4 heterocycles. The summed E-state index contributed by atoms with van der Waals surface area (Å²) >= 11 is 0. The van der Waals surface area contributed by atoms with Crippen LogP contribution in [0, 0.1) is 12.8 Å². The summed E-state index contributed by atoms with van der Waals surface area (Å²) in [4.78, 5) is 23.7. The molecule has 0 radical (unpaired) electrons. The van der Waals surface area contributed by atoms with E-state index in [4.69, 9.17) is 9.72 Å². The minimum Gasteiger partial charge on any atom is -0.375 e. The molecule has 5 rings (SSSR count). The average molecular weight is 380 g/mol. The number of benzene rings is 1. The fourth-order valence-corrected chi connectivity index (χ4v) is 4.64. The Balaban J connectivity index is 1.48. The normalized spacial score (nSPS) is 26.2. The number of methoxy groups -OCH3 is 1. The lowest BCUT2D eigenvalue weighted by Gasteiger charge is -2.49. The Bertz CT molecular complexity index is 827. The molecule has 6 nitrogen and oxygen atoms in total. The van der Waals surface area contributed by atoms with Crippen LogP contribution in [0.5, 0.6) is 0 Å². The van der Waals surface area contributed by atoms with Crippen molar-refractivity contribution in [2.45, 2.75) is 31.7 Å². The lowest BCUT2D eigenvalue weighted by atomic mass is 9.74. The van der Waals surface area contributed by atoms with E-state index in [9.17, 15) is 4.79 Å². The third-order valence-corrected chi connectivity index (χ3v) is 6.00. The van der Waals surface area contributed by atoms with Crippen LogP contribution in [0.1, 0.15) is 30.3 Å². The van der Waals surface area contributed by atoms with E-state index in [1.807, 2.05) is 25.1 Å². The van der Waals surface area contributed by atoms with Gasteiger partial charge in [0, 0.05) is 43.4 Å². The van der Waals surface area contributed by atoms with Crippen LogP contribution >= 0.6 is 0 Å². The molecule has 3 saturated heterocycles. The zero-order valence-electron chi connectivity index (χ0n) is 16.6. The fourth-order valence-electron chi connectivity index (χ4n) is 4.64. The summed E-state index contributed by atoms with van der Waals surface area (Å²) in [5, 5.41) is 3.00. The predicted molar refractivity (Wildman–Crippen MR) is 108 cm³/mol. The van der Waals surface area contributed by atoms with Crippen molar-refractivity contribution in [2.24, 2.45) is 5.92 Å². The number of carbonyl (C=O) groups excluding carboxylic acids is 1. The van der Waals surface area contributed by atoms with E-state index in [0.29, 0.717) is 24.4 Å². The molecular weight excluding hydrogens is 352 g/mol. The van der Waals surface area contributed by atoms with Gasteiger partial charge in [-0.15, -0.1) is 0 Å². The van der Waals surface area contributed by atoms with E-state index in [0.717, 1.165) is 42.3 Å². The molecule has 1 N–H and O–H groups in total. The highest BCUT2D eigenvalue weighted by atomic mass is 16.5. The molecule has 3 aliphatic heterocycles. The van der Waals surface area contributed by atoms with Crippen LogP contribution < -0.4 is 5.32 Å². The Hall–Kier alpha value is -2.31. The first-order valence-electron chi connectivity index (χ1n) is 10.0. The number of rotatable bonds is 6. The molecular formula is C22H28N4O2. The third-order valence-electron chi connectivity index (χ3n) is 6.00. The van der Waals surface area contributed by atoms with Crippen molar-refractivity contribution in [3.8, 4) is 11.3 Å². The van der Waals surface area contributed by atoms with E-state index >= 15 is 0 Å². The molecule has 28 heavy (non-hydrogen) atoms. The third kappa shape index (κ3) is 4.08. The number of nitrogens with zero attached hydrogens (tertiary/aromatic N) is 3. The summed E-state index contributed by atoms with van der Waals surface area (Å²) in [6, 6.07) is 12.9. The minimum atomic E-state index is -0.0411. The van der Waals surface area contributed by atoms with Gasteiger partial charge in [-0.05, 0) is 38.3 Å². The van der Waals surface area contributed by atoms with Gasteiger partial charge in [0.15, 0.2) is 0 Å². The summed E-state index contributed by atoms with van der Waals surface area (Å²) in [6.45, 7) is 4.90. The lowest BCUT2D eigenvalue weighted by Crippen LogP contribution is -2.56. The van der Waals surface area contributed by atoms with Crippen LogP contribution in [-0.2, 0) is 9.53 Å². The van der Waals surface area contributed by atoms with Crippen molar-refractivity contribution in [1.29, 1.82) is 0 Å². The number of aryl methyl sites for hydroxylation is 1. The monoisotopic (exact) mass is 380 g/mol. The van der Waals surface area contributed by atoms with Crippen molar-refractivity contribution >= 4 is 5.91 Å². The molecule has 6 heteroatoms. The van der Waals surface area contributed by atoms with Gasteiger partial charge in [0.25, 0.3) is 0 Å². The number of hydrogen-bond acceptors (Lipinski definition) is 5. The molecule has 0 aliphatic carbocycles. The Kier molecular flexibility index (Phi) is 5.69. The maximum absolute atomic E-state index is 11.7. The van der Waals surface area contributed by atoms with Crippen molar-refractivity contribution in [3.63, 3.8) is 0 Å². The second-order valence-corrected chi connectivity index (χ2v) is 7.87. The van der Waals surface area contributed by atoms with Gasteiger partial charge in [0.1, 0.15) is 12.4 Å². The number of fused-ring (bicyclic) bond motifs is 3. The molecule has 4 atom stereocenters. The predicted octanol–water partition coefficient (Wildman–Crippen LogP) is 2.39. The number of aromatic nitrogens is 2. The number of amides is 1. The van der Waals surface area contributed by atoms with Gasteiger partial charge in [-0.25, -0.2) is 9.97 Å². The van der Waals surface area contributed by atoms with Crippen molar-refractivity contribution in [3.05, 3.63) is 47.9 Å². The Labute approximate surface area is 166 Å². The molecule has 1 aromatic heterocycles. The molecule has 2 aromatic rings. The molecule has 1 amide bonds. The summed E-state index contributed by atoms with van der Waals surface area (Å²) in [5.41, 5.74) is 3.29. The maximum Gasteiger partial charge on any atom is 0.246 e. The summed E-state index contributed by atoms with van der Waals surface area (Å²) in [6.07, 6.45) is 2.29. The Morgan fingerprint density at radius 2 is 2.11 bits per heavy atom. The number of nitrogens with one attached hydrogen (secondary N) is 1. The topological polar surface area (TPSA) is 67.3 Å². The van der Waals surface area contributed by atoms with E-state index < -0.39 is 0 Å². The van der Waals surface area contributed by atoms with Crippen LogP contribution in [-0.4, -0.2) is 60.2 Å². The molecule has 3 aliphatic rings. The number of piperidine rings is 3. The van der Waals surface area contributed by atoms with Gasteiger partial charge < -0.3 is 10.1 Å². The molecule has 3 fully saturated rings. The standard InChI is InChI=1S/C22H28N4O2/c1-15-24-20(16-6-4-3-5-7-16)11-21(25-15)19-13-26-9-8-17(19)10-18(26)12-23-22(27)14-28-2/h3-7,11,17-19H,8-10,12-14H2,1-2H3,(H,23,27)/t17-,18+,19-/m0/s1. The summed E-state index contributed by atoms with van der Waals surface area (Å²) < 4.78 is 4.90. The van der Waals surface area contributed by atoms with Gasteiger partial charge in [-0.1, -0.05) is 30.3 Å². The quantitative estimate of drug-likeness (QED) is 0.834. The molecule has 1 aromatic carbocycles. The molecule has 0 saturated carbocycles. The second kappa shape index (κ2) is 8.37. The van der Waals surface area contributed by atoms with Crippen molar-refractivity contribution < 1.29 is 9.53 Å². The highest BCUT2D eigenvalue weighted by Crippen LogP contribution is 2.41. The number of ether oxygens (including phenoxy) is 1. The smallest absolute Gasteiger partial charge is 0.246 e. The van der Waals surface area contributed by atoms with Gasteiger partial charge in [-0.2, -0.15) is 0 Å². The van der Waals surface area contributed by atoms with Crippen LogP contribution in [0.4, 0.5) is 0 Å². The zero-order chi connectivity index (χ0) is 19.5. The van der Waals surface area contributed by atoms with Gasteiger partial charge in [-0.3, -0.25) is 9.69 Å². The van der Waals surface area contributed by atoms with E-state index in [1.165, 1.54) is 6.42 Å². The highest BCUT2D eigenvalue weighted by Gasteiger charge is 2.41. The SMILES string of the molecule is COCC(=O)NC[C@H]1C[C@@H]2CCN1C[C@@H]2c1cc(-c2ccccc2)nc(C)n1. The number of hydrogen-bond donors (Lipinski definition) is 1. The largest absolute Gasteiger partial charge is 0.375 e. The highest BCUT2D eigenvalue weighted by molar-refractivity contribution is 5.77. The van der Waals surface area contributed by atoms with Gasteiger partial charge >= 0.3 is 0 Å². The van der Waals surface area contributed by atoms with Gasteiger partial charge in [0.2, 0.25) is 5.91 Å². The second-order valence-electron chi connectivity index (χ2n) is 7.87. The molecule has 1 unspecified atom stereocenters. The summed E-state index contributed by atoms with van der Waals surface area (Å²) in [7, 11) is 1.55. The van der Waals surface area contributed by atoms with Crippen LogP contribution in [0.2, 0.25) is 0 Å². The van der Waals surface area contributed by atoms with E-state index in [2.05, 4.69) is 33.4 Å². The zero-order valence-corrected chi connectivity index (χ0v) is 16.6. The lowest BCUT2D eigenvalue weighted by molar-refractivity contribution is -0.125. The van der Waals surface area contributed by atoms with Crippen LogP contribution in [0.3, 0.4) is 0 Å². The van der Waals surface area contributed by atoms with Crippen molar-refractivity contribution in [1.82, 2.24) is 20.2 Å². The van der Waals surface area contributed by atoms with Crippen molar-refractivity contribution in [2.75, 3.05) is 33.4 Å². The van der Waals surface area contributed by atoms with Crippen LogP contribution in [0.15, 0.2) is 36.4 Å². The maximum atomic E-state index is 11.7. The Morgan fingerprint density at radius 1 is 1.29 bits per heavy atom. The molecule has 148 valence electrons. The summed E-state index contributed by atoms with van der Waals surface area (Å²) in [5.74, 6) is 1.83. The Morgan fingerprint density at radius 3 is 2.82 bits per heavy atom. The first-order valence-corrected chi connectivity index (χ1v) is 10.0. The molecule has 2 bridgehead atoms. The van der Waals surface area contributed by atoms with E-state index in [1.54, 1.807) is 7.11 Å². The average Bonchev–Trinajstić information content (AvgIpc) is 2.73. The number of carbonyl (C=O) groups is 1. The minimum absolute atomic E-state index is 0.0411. The first-order chi connectivity index (χ1) is 13.6. The van der Waals surface area contributed by atoms with Crippen LogP contribution in [0.25, 0.3) is 11.3 Å².